The Morgan fingerprint density at radius 1 is 1.21 bits per heavy atom. The number of primary amides is 1. The van der Waals surface area contributed by atoms with Crippen LogP contribution in [0.2, 0.25) is 0 Å². The molecule has 1 aromatic heterocycles. The first kappa shape index (κ1) is 16.5. The van der Waals surface area contributed by atoms with Crippen molar-refractivity contribution in [2.24, 2.45) is 5.73 Å². The number of carbonyl (C=O) groups is 1. The Labute approximate surface area is 144 Å². The van der Waals surface area contributed by atoms with Gasteiger partial charge in [-0.05, 0) is 17.7 Å². The average Bonchev–Trinajstić information content (AvgIpc) is 2.95. The van der Waals surface area contributed by atoms with E-state index in [1.165, 1.54) is 11.8 Å². The summed E-state index contributed by atoms with van der Waals surface area (Å²) in [5, 5.41) is 0.283. The van der Waals surface area contributed by atoms with Crippen molar-refractivity contribution in [3.63, 3.8) is 0 Å². The van der Waals surface area contributed by atoms with Gasteiger partial charge in [-0.1, -0.05) is 54.2 Å². The Kier molecular flexibility index (Phi) is 5.17. The summed E-state index contributed by atoms with van der Waals surface area (Å²) >= 11 is 1.37. The first-order chi connectivity index (χ1) is 11.7. The maximum absolute atomic E-state index is 12.0. The van der Waals surface area contributed by atoms with Crippen LogP contribution in [0.15, 0.2) is 59.8 Å². The van der Waals surface area contributed by atoms with Crippen LogP contribution in [0.25, 0.3) is 11.0 Å². The van der Waals surface area contributed by atoms with Gasteiger partial charge in [-0.15, -0.1) is 0 Å². The summed E-state index contributed by atoms with van der Waals surface area (Å²) in [5.41, 5.74) is 8.43. The van der Waals surface area contributed by atoms with Gasteiger partial charge >= 0.3 is 0 Å². The van der Waals surface area contributed by atoms with Crippen LogP contribution in [0.1, 0.15) is 10.8 Å². The van der Waals surface area contributed by atoms with E-state index in [-0.39, 0.29) is 5.91 Å². The molecule has 3 aromatic rings. The molecule has 0 saturated carbocycles. The molecule has 0 aliphatic heterocycles. The zero-order valence-corrected chi connectivity index (χ0v) is 14.2. The highest BCUT2D eigenvalue weighted by atomic mass is 32.2. The van der Waals surface area contributed by atoms with E-state index in [1.807, 2.05) is 54.6 Å². The molecular weight excluding hydrogens is 322 g/mol. The van der Waals surface area contributed by atoms with Gasteiger partial charge in [-0.25, -0.2) is 4.98 Å². The van der Waals surface area contributed by atoms with Crippen LogP contribution in [-0.4, -0.2) is 29.2 Å². The third-order valence-electron chi connectivity index (χ3n) is 3.72. The van der Waals surface area contributed by atoms with Gasteiger partial charge in [0.2, 0.25) is 5.91 Å². The van der Waals surface area contributed by atoms with E-state index in [1.54, 1.807) is 7.11 Å². The van der Waals surface area contributed by atoms with Crippen molar-refractivity contribution in [1.29, 1.82) is 0 Å². The number of methoxy groups -OCH3 is 1. The monoisotopic (exact) mass is 341 g/mol. The number of amides is 1. The zero-order valence-electron chi connectivity index (χ0n) is 13.4. The molecule has 6 heteroatoms. The summed E-state index contributed by atoms with van der Waals surface area (Å²) in [4.78, 5) is 16.7. The quantitative estimate of drug-likeness (QED) is 0.671. The molecule has 0 bridgehead atoms. The summed E-state index contributed by atoms with van der Waals surface area (Å²) in [7, 11) is 1.67. The van der Waals surface area contributed by atoms with Crippen molar-refractivity contribution >= 4 is 28.7 Å². The minimum Gasteiger partial charge on any atom is -0.383 e. The predicted molar refractivity (Wildman–Crippen MR) is 95.8 cm³/mol. The fraction of sp³-hybridized carbons (Fsp3) is 0.222. The van der Waals surface area contributed by atoms with Crippen molar-refractivity contribution in [3.8, 4) is 0 Å². The number of hydrogen-bond donors (Lipinski definition) is 1. The Morgan fingerprint density at radius 3 is 2.62 bits per heavy atom. The number of aromatic nitrogens is 2. The summed E-state index contributed by atoms with van der Waals surface area (Å²) < 4.78 is 7.28. The van der Waals surface area contributed by atoms with Gasteiger partial charge in [0, 0.05) is 13.7 Å². The van der Waals surface area contributed by atoms with Crippen molar-refractivity contribution in [1.82, 2.24) is 9.55 Å². The number of para-hydroxylation sites is 2. The van der Waals surface area contributed by atoms with Crippen molar-refractivity contribution in [2.75, 3.05) is 13.7 Å². The lowest BCUT2D eigenvalue weighted by Crippen LogP contribution is -2.19. The zero-order chi connectivity index (χ0) is 16.9. The molecule has 0 unspecified atom stereocenters. The predicted octanol–water partition coefficient (Wildman–Crippen LogP) is 3.00. The third-order valence-corrected chi connectivity index (χ3v) is 4.99. The van der Waals surface area contributed by atoms with Crippen LogP contribution in [0, 0.1) is 0 Å². The molecule has 0 aliphatic rings. The Balaban J connectivity index is 1.99. The average molecular weight is 341 g/mol. The summed E-state index contributed by atoms with van der Waals surface area (Å²) in [5.74, 6) is -0.378. The van der Waals surface area contributed by atoms with Gasteiger partial charge in [-0.2, -0.15) is 0 Å². The second-order valence-electron chi connectivity index (χ2n) is 5.34. The minimum atomic E-state index is -0.482. The lowest BCUT2D eigenvalue weighted by atomic mass is 10.1. The molecule has 1 heterocycles. The number of thioether (sulfide) groups is 1. The lowest BCUT2D eigenvalue weighted by molar-refractivity contribution is -0.117. The molecule has 1 amide bonds. The van der Waals surface area contributed by atoms with E-state index in [0.29, 0.717) is 13.2 Å². The first-order valence-electron chi connectivity index (χ1n) is 7.66. The molecule has 5 nitrogen and oxygen atoms in total. The van der Waals surface area contributed by atoms with Crippen LogP contribution in [0.5, 0.6) is 0 Å². The van der Waals surface area contributed by atoms with Crippen LogP contribution in [0.3, 0.4) is 0 Å². The van der Waals surface area contributed by atoms with Gasteiger partial charge in [0.25, 0.3) is 0 Å². The van der Waals surface area contributed by atoms with Gasteiger partial charge in [0.15, 0.2) is 5.16 Å². The number of carbonyl (C=O) groups excluding carboxylic acids is 1. The molecule has 2 aromatic carbocycles. The molecule has 0 aliphatic carbocycles. The van der Waals surface area contributed by atoms with Crippen molar-refractivity contribution < 1.29 is 9.53 Å². The fourth-order valence-electron chi connectivity index (χ4n) is 2.57. The largest absolute Gasteiger partial charge is 0.383 e. The SMILES string of the molecule is COCCn1c(S[C@@H](C(N)=O)c2ccccc2)nc2ccccc21. The number of benzene rings is 2. The smallest absolute Gasteiger partial charge is 0.235 e. The highest BCUT2D eigenvalue weighted by Gasteiger charge is 2.23. The number of nitrogens with two attached hydrogens (primary N) is 1. The fourth-order valence-corrected chi connectivity index (χ4v) is 3.65. The molecule has 0 saturated heterocycles. The number of nitrogens with zero attached hydrogens (tertiary/aromatic N) is 2. The molecule has 0 radical (unpaired) electrons. The lowest BCUT2D eigenvalue weighted by Gasteiger charge is -2.14. The van der Waals surface area contributed by atoms with Gasteiger partial charge in [0.1, 0.15) is 5.25 Å². The third kappa shape index (κ3) is 3.44. The highest BCUT2D eigenvalue weighted by Crippen LogP contribution is 2.36. The summed E-state index contributed by atoms with van der Waals surface area (Å²) in [6.07, 6.45) is 0. The van der Waals surface area contributed by atoms with Gasteiger partial charge < -0.3 is 15.0 Å². The topological polar surface area (TPSA) is 70.1 Å². The number of hydrogen-bond acceptors (Lipinski definition) is 4. The van der Waals surface area contributed by atoms with E-state index in [9.17, 15) is 4.79 Å². The molecule has 0 spiro atoms. The van der Waals surface area contributed by atoms with Gasteiger partial charge in [-0.3, -0.25) is 4.79 Å². The molecule has 3 rings (SSSR count). The first-order valence-corrected chi connectivity index (χ1v) is 8.54. The van der Waals surface area contributed by atoms with Crippen molar-refractivity contribution in [2.45, 2.75) is 17.0 Å². The van der Waals surface area contributed by atoms with Gasteiger partial charge in [0.05, 0.1) is 17.6 Å². The maximum Gasteiger partial charge on any atom is 0.235 e. The molecule has 0 fully saturated rings. The Morgan fingerprint density at radius 2 is 1.92 bits per heavy atom. The Bertz CT molecular complexity index is 833. The van der Waals surface area contributed by atoms with Crippen molar-refractivity contribution in [3.05, 3.63) is 60.2 Å². The molecule has 1 atom stereocenters. The molecule has 24 heavy (non-hydrogen) atoms. The maximum atomic E-state index is 12.0. The van der Waals surface area contributed by atoms with E-state index in [2.05, 4.69) is 9.55 Å². The van der Waals surface area contributed by atoms with Crippen LogP contribution in [0.4, 0.5) is 0 Å². The minimum absolute atomic E-state index is 0.378. The number of fused-ring (bicyclic) bond motifs is 1. The second kappa shape index (κ2) is 7.51. The standard InChI is InChI=1S/C18H19N3O2S/c1-23-12-11-21-15-10-6-5-9-14(15)20-18(21)24-16(17(19)22)13-7-3-2-4-8-13/h2-10,16H,11-12H2,1H3,(H2,19,22)/t16-/m1/s1. The van der Waals surface area contributed by atoms with E-state index in [4.69, 9.17) is 10.5 Å². The summed E-state index contributed by atoms with van der Waals surface area (Å²) in [6.45, 7) is 1.24. The summed E-state index contributed by atoms with van der Waals surface area (Å²) in [6, 6.07) is 17.4. The molecule has 2 N–H and O–H groups in total. The van der Waals surface area contributed by atoms with Crippen LogP contribution < -0.4 is 5.73 Å². The number of ether oxygens (including phenoxy) is 1. The van der Waals surface area contributed by atoms with Crippen LogP contribution in [-0.2, 0) is 16.1 Å². The second-order valence-corrected chi connectivity index (χ2v) is 6.41. The molecule has 124 valence electrons. The number of imidazole rings is 1. The van der Waals surface area contributed by atoms with E-state index in [0.717, 1.165) is 21.8 Å². The Hall–Kier alpha value is -2.31. The molecular formula is C18H19N3O2S. The highest BCUT2D eigenvalue weighted by molar-refractivity contribution is 8.00. The normalized spacial score (nSPS) is 12.4. The number of rotatable bonds is 7. The van der Waals surface area contributed by atoms with E-state index < -0.39 is 5.25 Å². The van der Waals surface area contributed by atoms with Crippen LogP contribution >= 0.6 is 11.8 Å². The van der Waals surface area contributed by atoms with E-state index >= 15 is 0 Å².